The number of fused-ring (bicyclic) bond motifs is 5. The number of amides is 1. The van der Waals surface area contributed by atoms with Crippen molar-refractivity contribution < 1.29 is 43.3 Å². The first-order chi connectivity index (χ1) is 23.6. The molecule has 1 aromatic rings. The molecule has 0 bridgehead atoms. The molecule has 4 aliphatic rings. The highest BCUT2D eigenvalue weighted by Gasteiger charge is 2.70. The van der Waals surface area contributed by atoms with E-state index in [2.05, 4.69) is 24.2 Å². The van der Waals surface area contributed by atoms with Gasteiger partial charge < -0.3 is 40.9 Å². The van der Waals surface area contributed by atoms with Crippen molar-refractivity contribution in [3.05, 3.63) is 34.4 Å². The maximum Gasteiger partial charge on any atom is 0.335 e. The van der Waals surface area contributed by atoms with Crippen LogP contribution < -0.4 is 22.4 Å². The number of carboxylic acid groups (broad SMARTS) is 1. The first-order valence-electron chi connectivity index (χ1n) is 17.8. The van der Waals surface area contributed by atoms with E-state index in [1.165, 1.54) is 19.3 Å². The number of hydrogen-bond acceptors (Lipinski definition) is 10. The maximum absolute atomic E-state index is 12.8. The fourth-order valence-corrected chi connectivity index (χ4v) is 10.2. The number of nitrogens with zero attached hydrogens (tertiary/aromatic N) is 1. The lowest BCUT2D eigenvalue weighted by Crippen LogP contribution is -2.62. The van der Waals surface area contributed by atoms with Gasteiger partial charge in [0.1, 0.15) is 18.2 Å². The first kappa shape index (κ1) is 37.3. The fourth-order valence-electron chi connectivity index (χ4n) is 10.2. The third-order valence-electron chi connectivity index (χ3n) is 12.6. The number of esters is 2. The van der Waals surface area contributed by atoms with Crippen LogP contribution >= 0.6 is 0 Å². The van der Waals surface area contributed by atoms with Gasteiger partial charge in [-0.15, -0.1) is 0 Å². The van der Waals surface area contributed by atoms with E-state index >= 15 is 0 Å². The lowest BCUT2D eigenvalue weighted by atomic mass is 9.43. The molecule has 4 saturated carbocycles. The Morgan fingerprint density at radius 2 is 1.82 bits per heavy atom. The molecule has 10 atom stereocenters. The molecule has 7 N–H and O–H groups in total. The summed E-state index contributed by atoms with van der Waals surface area (Å²) in [7, 11) is 0. The molecule has 1 aromatic heterocycles. The van der Waals surface area contributed by atoms with E-state index < -0.39 is 52.6 Å². The van der Waals surface area contributed by atoms with Crippen molar-refractivity contribution in [3.63, 3.8) is 0 Å². The molecule has 0 aliphatic heterocycles. The highest BCUT2D eigenvalue weighted by molar-refractivity contribution is 5.85. The van der Waals surface area contributed by atoms with E-state index in [-0.39, 0.29) is 67.0 Å². The van der Waals surface area contributed by atoms with Crippen LogP contribution in [0.25, 0.3) is 0 Å². The van der Waals surface area contributed by atoms with E-state index in [0.717, 1.165) is 31.2 Å². The average Bonchev–Trinajstić information content (AvgIpc) is 3.27. The summed E-state index contributed by atoms with van der Waals surface area (Å²) < 4.78 is 16.9. The monoisotopic (exact) mass is 700 g/mol. The van der Waals surface area contributed by atoms with Gasteiger partial charge >= 0.3 is 23.5 Å². The van der Waals surface area contributed by atoms with Crippen LogP contribution in [0.4, 0.5) is 0 Å². The number of carbonyl (C=O) groups excluding carboxylic acids is 3. The molecular weight excluding hydrogens is 648 g/mol. The molecule has 1 amide bonds. The fraction of sp³-hybridized carbons (Fsp3) is 0.722. The molecule has 4 aliphatic carbocycles. The molecule has 5 rings (SSSR count). The number of rotatable bonds is 12. The van der Waals surface area contributed by atoms with Gasteiger partial charge in [0.2, 0.25) is 5.91 Å². The largest absolute Gasteiger partial charge is 0.480 e. The number of carbonyl (C=O) groups is 4. The van der Waals surface area contributed by atoms with Crippen LogP contribution in [-0.2, 0) is 28.7 Å². The molecule has 0 unspecified atom stereocenters. The van der Waals surface area contributed by atoms with Crippen molar-refractivity contribution in [1.29, 1.82) is 0 Å². The van der Waals surface area contributed by atoms with Gasteiger partial charge in [0.15, 0.2) is 5.96 Å². The number of nitrogens with two attached hydrogens (primary N) is 2. The molecule has 14 nitrogen and oxygen atoms in total. The first-order valence-corrected chi connectivity index (χ1v) is 17.8. The Kier molecular flexibility index (Phi) is 11.0. The van der Waals surface area contributed by atoms with Crippen LogP contribution in [0.15, 0.2) is 32.6 Å². The summed E-state index contributed by atoms with van der Waals surface area (Å²) in [6.45, 7) is 6.01. The second kappa shape index (κ2) is 14.7. The summed E-state index contributed by atoms with van der Waals surface area (Å²) in [5, 5.41) is 24.7. The van der Waals surface area contributed by atoms with Crippen molar-refractivity contribution >= 4 is 29.8 Å². The summed E-state index contributed by atoms with van der Waals surface area (Å²) in [5.74, 6) is -2.54. The molecule has 14 heteroatoms. The van der Waals surface area contributed by atoms with Crippen LogP contribution in [0.1, 0.15) is 109 Å². The lowest BCUT2D eigenvalue weighted by Gasteiger charge is -2.63. The Balaban J connectivity index is 1.18. The SMILES string of the molecule is CC(=O)O[C@@H]1C[C@]2(O)[C@@H]3CC[C@@H]4C[C@@H](OC(=O)CCC(=O)N[C@@H](CCCN=C(N)N)C(=O)O)CC[C@]4(C)[C@H]3CC[C@]2(C)[C@H]1c1ccc(=O)oc1. The Morgan fingerprint density at radius 3 is 2.48 bits per heavy atom. The van der Waals surface area contributed by atoms with E-state index in [0.29, 0.717) is 32.1 Å². The zero-order valence-electron chi connectivity index (χ0n) is 29.2. The minimum Gasteiger partial charge on any atom is -0.480 e. The molecular formula is C36H52N4O10. The van der Waals surface area contributed by atoms with Crippen LogP contribution in [0.2, 0.25) is 0 Å². The van der Waals surface area contributed by atoms with E-state index in [1.54, 1.807) is 6.07 Å². The highest BCUT2D eigenvalue weighted by Crippen LogP contribution is 2.71. The van der Waals surface area contributed by atoms with Crippen LogP contribution in [0.5, 0.6) is 0 Å². The predicted octanol–water partition coefficient (Wildman–Crippen LogP) is 2.74. The van der Waals surface area contributed by atoms with Crippen molar-refractivity contribution in [2.75, 3.05) is 6.54 Å². The van der Waals surface area contributed by atoms with Gasteiger partial charge in [0.25, 0.3) is 0 Å². The number of hydrogen-bond donors (Lipinski definition) is 5. The van der Waals surface area contributed by atoms with Crippen LogP contribution in [0, 0.1) is 28.6 Å². The van der Waals surface area contributed by atoms with E-state index in [4.69, 9.17) is 25.4 Å². The average molecular weight is 701 g/mol. The summed E-state index contributed by atoms with van der Waals surface area (Å²) in [4.78, 5) is 64.6. The quantitative estimate of drug-likeness (QED) is 0.0917. The van der Waals surface area contributed by atoms with Crippen molar-refractivity contribution in [2.24, 2.45) is 45.0 Å². The zero-order valence-corrected chi connectivity index (χ0v) is 29.2. The van der Waals surface area contributed by atoms with Crippen molar-refractivity contribution in [3.8, 4) is 0 Å². The van der Waals surface area contributed by atoms with Crippen LogP contribution in [0.3, 0.4) is 0 Å². The number of guanidine groups is 1. The van der Waals surface area contributed by atoms with Gasteiger partial charge in [-0.05, 0) is 92.6 Å². The molecule has 1 heterocycles. The Labute approximate surface area is 291 Å². The number of ether oxygens (including phenoxy) is 2. The summed E-state index contributed by atoms with van der Waals surface area (Å²) in [6.07, 6.45) is 6.53. The van der Waals surface area contributed by atoms with Gasteiger partial charge in [-0.1, -0.05) is 13.8 Å². The topological polar surface area (TPSA) is 234 Å². The van der Waals surface area contributed by atoms with Gasteiger partial charge in [0.05, 0.1) is 18.3 Å². The van der Waals surface area contributed by atoms with Gasteiger partial charge in [-0.2, -0.15) is 0 Å². The number of aliphatic imine (C=N–C) groups is 1. The maximum atomic E-state index is 12.8. The van der Waals surface area contributed by atoms with Gasteiger partial charge in [0, 0.05) is 43.7 Å². The Bertz CT molecular complexity index is 1520. The van der Waals surface area contributed by atoms with E-state index in [1.807, 2.05) is 0 Å². The molecule has 0 spiro atoms. The predicted molar refractivity (Wildman–Crippen MR) is 180 cm³/mol. The number of nitrogens with one attached hydrogen (secondary N) is 1. The van der Waals surface area contributed by atoms with Crippen molar-refractivity contribution in [2.45, 2.75) is 128 Å². The molecule has 0 radical (unpaired) electrons. The van der Waals surface area contributed by atoms with E-state index in [9.17, 15) is 34.2 Å². The normalized spacial score (nSPS) is 35.0. The number of aliphatic carboxylic acids is 1. The van der Waals surface area contributed by atoms with Gasteiger partial charge in [-0.3, -0.25) is 19.4 Å². The lowest BCUT2D eigenvalue weighted by molar-refractivity contribution is -0.207. The standard InChI is InChI=1S/C36H52N4O10/c1-20(41)49-27-18-36(47)25-8-7-22-17-23(50-30(44)11-9-28(42)40-26(32(45)46)5-4-16-39-33(37)38)12-14-34(22,2)24(25)13-15-35(36,3)31(27)21-6-10-29(43)48-19-21/h6,10,19,22-27,31,47H,4-5,7-9,11-18H2,1-3H3,(H,40,42)(H,45,46)(H4,37,38,39)/t22-,23+,24+,25-,26+,27-,31+,34+,35-,36+/m1/s1. The summed E-state index contributed by atoms with van der Waals surface area (Å²) >= 11 is 0. The third-order valence-corrected chi connectivity index (χ3v) is 12.6. The van der Waals surface area contributed by atoms with Crippen LogP contribution in [-0.4, -0.2) is 70.4 Å². The van der Waals surface area contributed by atoms with Crippen molar-refractivity contribution in [1.82, 2.24) is 5.32 Å². The van der Waals surface area contributed by atoms with Gasteiger partial charge in [-0.25, -0.2) is 9.59 Å². The highest BCUT2D eigenvalue weighted by atomic mass is 16.5. The molecule has 276 valence electrons. The molecule has 0 aromatic carbocycles. The Morgan fingerprint density at radius 1 is 1.06 bits per heavy atom. The minimum absolute atomic E-state index is 0.0138. The Hall–Kier alpha value is -3.94. The number of aliphatic hydroxyl groups is 1. The smallest absolute Gasteiger partial charge is 0.335 e. The third kappa shape index (κ3) is 7.40. The molecule has 4 fully saturated rings. The summed E-state index contributed by atoms with van der Waals surface area (Å²) in [5.41, 5.74) is 9.07. The number of carboxylic acids is 1. The summed E-state index contributed by atoms with van der Waals surface area (Å²) in [6, 6.07) is 1.97. The minimum atomic E-state index is -1.18. The molecule has 50 heavy (non-hydrogen) atoms. The second-order valence-corrected chi connectivity index (χ2v) is 15.4. The molecule has 0 saturated heterocycles. The zero-order chi connectivity index (χ0) is 36.4. The second-order valence-electron chi connectivity index (χ2n) is 15.4.